The van der Waals surface area contributed by atoms with Crippen LogP contribution in [0, 0.1) is 31.4 Å². The van der Waals surface area contributed by atoms with Crippen molar-refractivity contribution in [2.24, 2.45) is 13.0 Å². The lowest BCUT2D eigenvalue weighted by atomic mass is 9.83. The molecule has 0 spiro atoms. The number of halogens is 2. The van der Waals surface area contributed by atoms with Crippen molar-refractivity contribution >= 4 is 33.5 Å². The monoisotopic (exact) mass is 921 g/mol. The van der Waals surface area contributed by atoms with Gasteiger partial charge in [-0.2, -0.15) is 15.2 Å². The molecule has 2 aliphatic heterocycles. The number of oxazole rings is 1. The van der Waals surface area contributed by atoms with Crippen molar-refractivity contribution in [3.05, 3.63) is 140 Å². The van der Waals surface area contributed by atoms with Crippen LogP contribution in [-0.4, -0.2) is 66.5 Å². The Labute approximate surface area is 385 Å². The number of carbonyl (C=O) groups is 1. The summed E-state index contributed by atoms with van der Waals surface area (Å²) in [7, 11) is 1.70. The minimum Gasteiger partial charge on any atom is -0.439 e. The summed E-state index contributed by atoms with van der Waals surface area (Å²) in [6, 6.07) is 13.7. The molecule has 1 saturated carbocycles. The minimum atomic E-state index is -0.948. The molecule has 1 N–H and O–H groups in total. The van der Waals surface area contributed by atoms with Gasteiger partial charge in [-0.05, 0) is 125 Å². The number of H-pyrrole nitrogens is 1. The van der Waals surface area contributed by atoms with Crippen molar-refractivity contribution in [3.63, 3.8) is 0 Å². The highest BCUT2D eigenvalue weighted by atomic mass is 19.1. The van der Waals surface area contributed by atoms with Crippen LogP contribution in [0.4, 0.5) is 14.6 Å². The smallest absolute Gasteiger partial charge is 0.438 e. The second kappa shape index (κ2) is 14.4. The van der Waals surface area contributed by atoms with Crippen molar-refractivity contribution in [3.8, 4) is 28.6 Å². The highest BCUT2D eigenvalue weighted by Crippen LogP contribution is 2.56. The molecule has 1 amide bonds. The van der Waals surface area contributed by atoms with Gasteiger partial charge in [0, 0.05) is 42.5 Å². The zero-order valence-corrected chi connectivity index (χ0v) is 38.2. The Hall–Kier alpha value is -7.67. The van der Waals surface area contributed by atoms with E-state index in [0.717, 1.165) is 29.3 Å². The Morgan fingerprint density at radius 3 is 2.41 bits per heavy atom. The number of hydrogen-bond donors (Lipinski definition) is 1. The first-order chi connectivity index (χ1) is 32.6. The zero-order chi connectivity index (χ0) is 47.3. The third-order valence-electron chi connectivity index (χ3n) is 14.4. The average Bonchev–Trinajstić information content (AvgIpc) is 4.06. The summed E-state index contributed by atoms with van der Waals surface area (Å²) in [6.07, 6.45) is 7.83. The summed E-state index contributed by atoms with van der Waals surface area (Å²) in [5.41, 5.74) is 2.63. The van der Waals surface area contributed by atoms with Gasteiger partial charge < -0.3 is 13.7 Å². The number of aryl methyl sites for hydroxylation is 3. The van der Waals surface area contributed by atoms with E-state index in [4.69, 9.17) is 18.8 Å². The maximum Gasteiger partial charge on any atom is 0.438 e. The predicted octanol–water partition coefficient (Wildman–Crippen LogP) is 8.06. The number of imidazole rings is 1. The molecule has 12 rings (SSSR count). The summed E-state index contributed by atoms with van der Waals surface area (Å²) in [6.45, 7) is 11.9. The average molecular weight is 922 g/mol. The number of benzene rings is 3. The minimum absolute atomic E-state index is 0.00163. The number of anilines is 1. The van der Waals surface area contributed by atoms with Crippen LogP contribution in [0.15, 0.2) is 92.0 Å². The standard InChI is InChI=1S/C49H45F2N11O6/c1-24-16-31(17-25(2)38(24)50)62-43(59-14-13-58(47(59)65)35-11-10-34-32(39(35)51)22-53-57(34)7)37-27(4)60(42-41(40(37)55-62)66-23-52-42)44(63)36-19-30-18-28(29-12-15-67-48(5,6)21-29)8-9-33(30)61(36)49(20-26(49)3)45-54-46(64)68-56-45/h8-11,13-14,16-19,22-23,26-27,29H,12,15,20-21H2,1-7H3,(H,54,56,64)/t26-,27-,29-,49-/m0/s1. The number of ether oxygens (including phenoxy) is 1. The highest BCUT2D eigenvalue weighted by molar-refractivity contribution is 6.10. The Bertz CT molecular complexity index is 3690. The number of nitrogens with zero attached hydrogens (tertiary/aromatic N) is 10. The van der Waals surface area contributed by atoms with Gasteiger partial charge in [0.05, 0.1) is 40.1 Å². The van der Waals surface area contributed by atoms with E-state index in [-0.39, 0.29) is 51.6 Å². The van der Waals surface area contributed by atoms with Crippen LogP contribution >= 0.6 is 0 Å². The molecule has 3 aromatic carbocycles. The van der Waals surface area contributed by atoms with Gasteiger partial charge >= 0.3 is 11.4 Å². The van der Waals surface area contributed by atoms with E-state index in [0.29, 0.717) is 52.4 Å². The number of aromatic nitrogens is 10. The van der Waals surface area contributed by atoms with Gasteiger partial charge in [0.2, 0.25) is 0 Å². The Kier molecular flexibility index (Phi) is 8.85. The fourth-order valence-corrected chi connectivity index (χ4v) is 11.0. The quantitative estimate of drug-likeness (QED) is 0.164. The summed E-state index contributed by atoms with van der Waals surface area (Å²) in [5, 5.41) is 14.5. The number of fused-ring (bicyclic) bond motifs is 5. The van der Waals surface area contributed by atoms with Gasteiger partial charge in [-0.15, -0.1) is 0 Å². The van der Waals surface area contributed by atoms with Crippen LogP contribution < -0.4 is 16.3 Å². The van der Waals surface area contributed by atoms with Gasteiger partial charge in [0.15, 0.2) is 35.4 Å². The third kappa shape index (κ3) is 5.90. The maximum atomic E-state index is 16.2. The number of carbonyl (C=O) groups excluding carboxylic acids is 1. The molecular weight excluding hydrogens is 877 g/mol. The first-order valence-corrected chi connectivity index (χ1v) is 22.5. The van der Waals surface area contributed by atoms with Crippen molar-refractivity contribution in [1.29, 1.82) is 0 Å². The van der Waals surface area contributed by atoms with Crippen molar-refractivity contribution in [2.45, 2.75) is 83.9 Å². The van der Waals surface area contributed by atoms with Crippen LogP contribution in [0.3, 0.4) is 0 Å². The van der Waals surface area contributed by atoms with Crippen LogP contribution in [0.25, 0.3) is 50.5 Å². The molecule has 8 heterocycles. The van der Waals surface area contributed by atoms with E-state index in [2.05, 4.69) is 46.2 Å². The molecule has 4 atom stereocenters. The van der Waals surface area contributed by atoms with Crippen LogP contribution in [0.1, 0.15) is 97.5 Å². The predicted molar refractivity (Wildman–Crippen MR) is 245 cm³/mol. The molecule has 19 heteroatoms. The van der Waals surface area contributed by atoms with Gasteiger partial charge in [-0.25, -0.2) is 23.1 Å². The molecule has 0 radical (unpaired) electrons. The number of nitrogens with one attached hydrogen (secondary N) is 1. The summed E-state index contributed by atoms with van der Waals surface area (Å²) in [4.78, 5) is 52.2. The topological polar surface area (TPSA) is 182 Å². The molecule has 9 aromatic rings. The van der Waals surface area contributed by atoms with Gasteiger partial charge in [0.25, 0.3) is 5.91 Å². The van der Waals surface area contributed by atoms with Crippen LogP contribution in [0.5, 0.6) is 0 Å². The van der Waals surface area contributed by atoms with E-state index < -0.39 is 40.6 Å². The second-order valence-electron chi connectivity index (χ2n) is 19.1. The number of hydrogen-bond acceptors (Lipinski definition) is 10. The van der Waals surface area contributed by atoms with E-state index in [1.807, 2.05) is 30.5 Å². The zero-order valence-electron chi connectivity index (χ0n) is 38.2. The molecule has 17 nitrogen and oxygen atoms in total. The van der Waals surface area contributed by atoms with Gasteiger partial charge in [0.1, 0.15) is 22.7 Å². The summed E-state index contributed by atoms with van der Waals surface area (Å²) in [5.74, 6) is -1.20. The molecule has 1 saturated heterocycles. The first-order valence-electron chi connectivity index (χ1n) is 22.5. The Morgan fingerprint density at radius 2 is 1.69 bits per heavy atom. The number of amides is 1. The molecule has 1 aliphatic carbocycles. The summed E-state index contributed by atoms with van der Waals surface area (Å²) < 4.78 is 56.3. The van der Waals surface area contributed by atoms with E-state index >= 15 is 13.6 Å². The lowest BCUT2D eigenvalue weighted by molar-refractivity contribution is -0.0592. The lowest BCUT2D eigenvalue weighted by Crippen LogP contribution is -2.39. The summed E-state index contributed by atoms with van der Waals surface area (Å²) >= 11 is 0. The van der Waals surface area contributed by atoms with Gasteiger partial charge in [-0.1, -0.05) is 18.1 Å². The normalized spacial score (nSPS) is 20.9. The first kappa shape index (κ1) is 41.7. The largest absolute Gasteiger partial charge is 0.439 e. The van der Waals surface area contributed by atoms with E-state index in [1.165, 1.54) is 49.8 Å². The molecule has 346 valence electrons. The molecule has 0 bridgehead atoms. The Morgan fingerprint density at radius 1 is 0.941 bits per heavy atom. The number of aromatic amines is 1. The SMILES string of the molecule is Cc1cc(-n2nc3c(c2-n2ccn(-c4ccc5c(cnn5C)c4F)c2=O)[C@H](C)N(C(=O)c2cc4cc([C@H]5CCOC(C)(C)C5)ccc4n2[C@@]2(c4noc(=O)[nH]4)C[C@@H]2C)c2ncoc2-3)cc(C)c1F. The Balaban J connectivity index is 1.06. The van der Waals surface area contributed by atoms with E-state index in [1.54, 1.807) is 43.8 Å². The maximum absolute atomic E-state index is 16.2. The second-order valence-corrected chi connectivity index (χ2v) is 19.1. The van der Waals surface area contributed by atoms with Crippen molar-refractivity contribution in [2.75, 3.05) is 11.5 Å². The van der Waals surface area contributed by atoms with E-state index in [9.17, 15) is 9.59 Å². The molecule has 0 unspecified atom stereocenters. The lowest BCUT2D eigenvalue weighted by Gasteiger charge is -2.35. The highest BCUT2D eigenvalue weighted by Gasteiger charge is 2.59. The van der Waals surface area contributed by atoms with Crippen molar-refractivity contribution < 1.29 is 27.3 Å². The van der Waals surface area contributed by atoms with Crippen LogP contribution in [0.2, 0.25) is 0 Å². The molecule has 3 aliphatic rings. The van der Waals surface area contributed by atoms with Crippen LogP contribution in [-0.2, 0) is 17.3 Å². The molecule has 68 heavy (non-hydrogen) atoms. The third-order valence-corrected chi connectivity index (χ3v) is 14.4. The molecular formula is C49H45F2N11O6. The fourth-order valence-electron chi connectivity index (χ4n) is 11.0. The molecule has 6 aromatic heterocycles. The van der Waals surface area contributed by atoms with Crippen molar-refractivity contribution in [1.82, 2.24) is 48.4 Å². The number of rotatable bonds is 7. The fraction of sp³-hybridized carbons (Fsp3) is 0.327. The molecule has 2 fully saturated rings. The van der Waals surface area contributed by atoms with Gasteiger partial charge in [-0.3, -0.25) is 33.0 Å².